The van der Waals surface area contributed by atoms with Crippen molar-refractivity contribution in [1.82, 2.24) is 15.2 Å². The SMILES string of the molecule is CC(=O)N(c1nc(CN(C)CC(=O)NC(C)(C)C)cs1)c1ccc(F)cc1F. The predicted octanol–water partition coefficient (Wildman–Crippen LogP) is 3.45. The molecular formula is C19H24F2N4O2S. The number of aromatic nitrogens is 1. The van der Waals surface area contributed by atoms with Gasteiger partial charge in [-0.1, -0.05) is 0 Å². The highest BCUT2D eigenvalue weighted by Crippen LogP contribution is 2.31. The van der Waals surface area contributed by atoms with Gasteiger partial charge in [0.15, 0.2) is 5.13 Å². The fourth-order valence-electron chi connectivity index (χ4n) is 2.58. The Hall–Kier alpha value is -2.39. The molecule has 2 aromatic rings. The first-order chi connectivity index (χ1) is 13.0. The third kappa shape index (κ3) is 6.07. The van der Waals surface area contributed by atoms with Gasteiger partial charge < -0.3 is 5.32 Å². The van der Waals surface area contributed by atoms with Crippen molar-refractivity contribution >= 4 is 34.0 Å². The second-order valence-corrected chi connectivity index (χ2v) is 8.38. The molecule has 0 aliphatic heterocycles. The summed E-state index contributed by atoms with van der Waals surface area (Å²) in [5.74, 6) is -2.11. The van der Waals surface area contributed by atoms with Gasteiger partial charge in [0.2, 0.25) is 11.8 Å². The molecule has 1 aromatic carbocycles. The maximum Gasteiger partial charge on any atom is 0.234 e. The van der Waals surface area contributed by atoms with Crippen LogP contribution in [-0.2, 0) is 16.1 Å². The summed E-state index contributed by atoms with van der Waals surface area (Å²) in [6.45, 7) is 7.57. The lowest BCUT2D eigenvalue weighted by molar-refractivity contribution is -0.123. The van der Waals surface area contributed by atoms with Crippen molar-refractivity contribution in [2.45, 2.75) is 39.8 Å². The minimum Gasteiger partial charge on any atom is -0.350 e. The number of halogens is 2. The van der Waals surface area contributed by atoms with Crippen molar-refractivity contribution < 1.29 is 18.4 Å². The zero-order chi connectivity index (χ0) is 21.1. The first-order valence-corrected chi connectivity index (χ1v) is 9.54. The third-order valence-electron chi connectivity index (χ3n) is 3.56. The first-order valence-electron chi connectivity index (χ1n) is 8.66. The molecule has 1 aromatic heterocycles. The third-order valence-corrected chi connectivity index (χ3v) is 4.43. The summed E-state index contributed by atoms with van der Waals surface area (Å²) >= 11 is 1.17. The Balaban J connectivity index is 2.12. The second-order valence-electron chi connectivity index (χ2n) is 7.54. The number of anilines is 2. The molecular weight excluding hydrogens is 386 g/mol. The van der Waals surface area contributed by atoms with Gasteiger partial charge in [0.05, 0.1) is 17.9 Å². The van der Waals surface area contributed by atoms with Crippen molar-refractivity contribution in [2.24, 2.45) is 0 Å². The molecule has 0 aliphatic carbocycles. The van der Waals surface area contributed by atoms with Crippen LogP contribution < -0.4 is 10.2 Å². The first kappa shape index (κ1) is 21.9. The van der Waals surface area contributed by atoms with E-state index in [2.05, 4.69) is 10.3 Å². The topological polar surface area (TPSA) is 65.5 Å². The molecule has 152 valence electrons. The number of carbonyl (C=O) groups excluding carboxylic acids is 2. The fraction of sp³-hybridized carbons (Fsp3) is 0.421. The number of benzene rings is 1. The number of likely N-dealkylation sites (N-methyl/N-ethyl adjacent to an activating group) is 1. The van der Waals surface area contributed by atoms with Gasteiger partial charge in [0, 0.05) is 30.5 Å². The highest BCUT2D eigenvalue weighted by atomic mass is 32.1. The van der Waals surface area contributed by atoms with E-state index >= 15 is 0 Å². The molecule has 2 amide bonds. The number of nitrogens with one attached hydrogen (secondary N) is 1. The van der Waals surface area contributed by atoms with Gasteiger partial charge in [-0.15, -0.1) is 11.3 Å². The van der Waals surface area contributed by atoms with Gasteiger partial charge >= 0.3 is 0 Å². The quantitative estimate of drug-likeness (QED) is 0.792. The van der Waals surface area contributed by atoms with E-state index < -0.39 is 17.5 Å². The number of amides is 2. The average Bonchev–Trinajstić information content (AvgIpc) is 2.95. The molecule has 0 saturated carbocycles. The van der Waals surface area contributed by atoms with Crippen LogP contribution in [0.15, 0.2) is 23.6 Å². The monoisotopic (exact) mass is 410 g/mol. The van der Waals surface area contributed by atoms with Gasteiger partial charge in [-0.3, -0.25) is 19.4 Å². The molecule has 0 aliphatic rings. The molecule has 2 rings (SSSR count). The molecule has 0 bridgehead atoms. The van der Waals surface area contributed by atoms with Crippen LogP contribution >= 0.6 is 11.3 Å². The number of rotatable bonds is 6. The Labute approximate surface area is 167 Å². The molecule has 0 atom stereocenters. The van der Waals surface area contributed by atoms with Crippen molar-refractivity contribution in [2.75, 3.05) is 18.5 Å². The Morgan fingerprint density at radius 1 is 1.25 bits per heavy atom. The maximum atomic E-state index is 14.1. The van der Waals surface area contributed by atoms with Crippen LogP contribution in [0.2, 0.25) is 0 Å². The lowest BCUT2D eigenvalue weighted by atomic mass is 10.1. The minimum absolute atomic E-state index is 0.0623. The van der Waals surface area contributed by atoms with Crippen LogP contribution in [0.4, 0.5) is 19.6 Å². The average molecular weight is 410 g/mol. The van der Waals surface area contributed by atoms with Gasteiger partial charge in [-0.2, -0.15) is 0 Å². The van der Waals surface area contributed by atoms with Gasteiger partial charge in [-0.05, 0) is 40.0 Å². The van der Waals surface area contributed by atoms with E-state index in [1.54, 1.807) is 17.3 Å². The van der Waals surface area contributed by atoms with Crippen LogP contribution in [0.1, 0.15) is 33.4 Å². The van der Waals surface area contributed by atoms with Crippen molar-refractivity contribution in [1.29, 1.82) is 0 Å². The van der Waals surface area contributed by atoms with Crippen molar-refractivity contribution in [3.8, 4) is 0 Å². The molecule has 0 spiro atoms. The second kappa shape index (κ2) is 8.74. The Morgan fingerprint density at radius 2 is 1.93 bits per heavy atom. The van der Waals surface area contributed by atoms with Gasteiger partial charge in [0.1, 0.15) is 11.6 Å². The highest BCUT2D eigenvalue weighted by Gasteiger charge is 2.22. The molecule has 0 radical (unpaired) electrons. The van der Waals surface area contributed by atoms with Crippen LogP contribution in [0.5, 0.6) is 0 Å². The van der Waals surface area contributed by atoms with E-state index in [9.17, 15) is 18.4 Å². The molecule has 6 nitrogen and oxygen atoms in total. The number of hydrogen-bond donors (Lipinski definition) is 1. The van der Waals surface area contributed by atoms with Gasteiger partial charge in [0.25, 0.3) is 0 Å². The van der Waals surface area contributed by atoms with E-state index in [0.29, 0.717) is 12.2 Å². The zero-order valence-corrected chi connectivity index (χ0v) is 17.4. The lowest BCUT2D eigenvalue weighted by Gasteiger charge is -2.23. The van der Waals surface area contributed by atoms with E-state index in [1.807, 2.05) is 20.8 Å². The van der Waals surface area contributed by atoms with Crippen molar-refractivity contribution in [3.63, 3.8) is 0 Å². The Bertz CT molecular complexity index is 864. The molecule has 0 unspecified atom stereocenters. The molecule has 28 heavy (non-hydrogen) atoms. The number of carbonyl (C=O) groups is 2. The lowest BCUT2D eigenvalue weighted by Crippen LogP contribution is -2.45. The molecule has 1 heterocycles. The molecule has 0 saturated heterocycles. The summed E-state index contributed by atoms with van der Waals surface area (Å²) in [5.41, 5.74) is 0.264. The molecule has 1 N–H and O–H groups in total. The van der Waals surface area contributed by atoms with E-state index in [1.165, 1.54) is 24.3 Å². The smallest absolute Gasteiger partial charge is 0.234 e. The number of nitrogens with zero attached hydrogens (tertiary/aromatic N) is 3. The summed E-state index contributed by atoms with van der Waals surface area (Å²) in [5, 5.41) is 4.90. The highest BCUT2D eigenvalue weighted by molar-refractivity contribution is 7.14. The summed E-state index contributed by atoms with van der Waals surface area (Å²) in [6, 6.07) is 3.02. The summed E-state index contributed by atoms with van der Waals surface area (Å²) in [6.07, 6.45) is 0. The molecule has 0 fully saturated rings. The van der Waals surface area contributed by atoms with Crippen LogP contribution in [0, 0.1) is 11.6 Å². The summed E-state index contributed by atoms with van der Waals surface area (Å²) in [7, 11) is 1.78. The Kier molecular flexibility index (Phi) is 6.84. The predicted molar refractivity (Wildman–Crippen MR) is 106 cm³/mol. The minimum atomic E-state index is -0.845. The number of thiazole rings is 1. The zero-order valence-electron chi connectivity index (χ0n) is 16.5. The fourth-order valence-corrected chi connectivity index (χ4v) is 3.45. The Morgan fingerprint density at radius 3 is 2.50 bits per heavy atom. The van der Waals surface area contributed by atoms with Crippen LogP contribution in [-0.4, -0.2) is 40.8 Å². The van der Waals surface area contributed by atoms with Crippen LogP contribution in [0.25, 0.3) is 0 Å². The van der Waals surface area contributed by atoms with Crippen LogP contribution in [0.3, 0.4) is 0 Å². The summed E-state index contributed by atoms with van der Waals surface area (Å²) in [4.78, 5) is 31.4. The maximum absolute atomic E-state index is 14.1. The standard InChI is InChI=1S/C19H24F2N4O2S/c1-12(26)25(16-7-6-13(20)8-15(16)21)18-22-14(11-28-18)9-24(5)10-17(27)23-19(2,3)4/h6-8,11H,9-10H2,1-5H3,(H,23,27). The molecule has 9 heteroatoms. The van der Waals surface area contributed by atoms with E-state index in [0.717, 1.165) is 17.0 Å². The summed E-state index contributed by atoms with van der Waals surface area (Å²) < 4.78 is 27.3. The van der Waals surface area contributed by atoms with E-state index in [4.69, 9.17) is 0 Å². The van der Waals surface area contributed by atoms with Crippen molar-refractivity contribution in [3.05, 3.63) is 40.9 Å². The largest absolute Gasteiger partial charge is 0.350 e. The van der Waals surface area contributed by atoms with Gasteiger partial charge in [-0.25, -0.2) is 13.8 Å². The normalized spacial score (nSPS) is 11.6. The number of hydrogen-bond acceptors (Lipinski definition) is 5. The van der Waals surface area contributed by atoms with E-state index in [-0.39, 0.29) is 28.8 Å².